The van der Waals surface area contributed by atoms with Gasteiger partial charge in [-0.2, -0.15) is 0 Å². The lowest BCUT2D eigenvalue weighted by Gasteiger charge is -2.27. The van der Waals surface area contributed by atoms with Crippen LogP contribution in [0.3, 0.4) is 0 Å². The summed E-state index contributed by atoms with van der Waals surface area (Å²) in [5.41, 5.74) is 0. The van der Waals surface area contributed by atoms with E-state index in [1.807, 2.05) is 0 Å². The molecule has 2 N–H and O–H groups in total. The first kappa shape index (κ1) is 16.8. The van der Waals surface area contributed by atoms with Gasteiger partial charge < -0.3 is 14.8 Å². The Bertz CT molecular complexity index is 316. The van der Waals surface area contributed by atoms with E-state index in [1.165, 1.54) is 0 Å². The van der Waals surface area contributed by atoms with Gasteiger partial charge in [0.25, 0.3) is 0 Å². The van der Waals surface area contributed by atoms with Crippen LogP contribution in [0.15, 0.2) is 0 Å². The molecule has 1 fully saturated rings. The predicted octanol–water partition coefficient (Wildman–Crippen LogP) is -1.53. The Hall–Kier alpha value is -0.250. The van der Waals surface area contributed by atoms with Crippen molar-refractivity contribution in [1.82, 2.24) is 14.9 Å². The van der Waals surface area contributed by atoms with E-state index in [1.54, 1.807) is 14.2 Å². The molecule has 1 aliphatic heterocycles. The van der Waals surface area contributed by atoms with Crippen LogP contribution in [0.25, 0.3) is 0 Å². The second kappa shape index (κ2) is 8.83. The number of nitrogens with one attached hydrogen (secondary N) is 2. The highest BCUT2D eigenvalue weighted by atomic mass is 32.2. The molecule has 0 spiro atoms. The maximum atomic E-state index is 11.8. The number of methoxy groups -OCH3 is 2. The highest BCUT2D eigenvalue weighted by molar-refractivity contribution is 7.89. The van der Waals surface area contributed by atoms with Gasteiger partial charge in [-0.25, -0.2) is 13.1 Å². The molecule has 1 atom stereocenters. The number of rotatable bonds is 9. The first-order chi connectivity index (χ1) is 9.07. The van der Waals surface area contributed by atoms with E-state index >= 15 is 0 Å². The molecule has 1 rings (SSSR count). The summed E-state index contributed by atoms with van der Waals surface area (Å²) in [4.78, 5) is 2.15. The number of sulfonamides is 1. The summed E-state index contributed by atoms with van der Waals surface area (Å²) in [7, 11) is -0.151. The van der Waals surface area contributed by atoms with E-state index in [-0.39, 0.29) is 18.4 Å². The number of hydrogen-bond donors (Lipinski definition) is 2. The Morgan fingerprint density at radius 1 is 1.32 bits per heavy atom. The van der Waals surface area contributed by atoms with Crippen molar-refractivity contribution in [1.29, 1.82) is 0 Å². The van der Waals surface area contributed by atoms with Gasteiger partial charge in [0.2, 0.25) is 10.0 Å². The first-order valence-electron chi connectivity index (χ1n) is 6.49. The third kappa shape index (κ3) is 7.19. The van der Waals surface area contributed by atoms with Crippen LogP contribution in [0.5, 0.6) is 0 Å². The number of ether oxygens (including phenoxy) is 2. The standard InChI is InChI=1S/C11H25N3O4S/c1-17-10-11(18-2)9-13-19(15,16)8-7-14-5-3-12-4-6-14/h11-13H,3-10H2,1-2H3. The average Bonchev–Trinajstić information content (AvgIpc) is 2.42. The zero-order chi connectivity index (χ0) is 14.1. The summed E-state index contributed by atoms with van der Waals surface area (Å²) in [6, 6.07) is 0. The smallest absolute Gasteiger partial charge is 0.212 e. The maximum Gasteiger partial charge on any atom is 0.212 e. The maximum absolute atomic E-state index is 11.8. The summed E-state index contributed by atoms with van der Waals surface area (Å²) in [6.45, 7) is 4.84. The van der Waals surface area contributed by atoms with E-state index in [2.05, 4.69) is 14.9 Å². The van der Waals surface area contributed by atoms with E-state index in [0.717, 1.165) is 26.2 Å². The molecule has 0 radical (unpaired) electrons. The highest BCUT2D eigenvalue weighted by Crippen LogP contribution is 1.96. The van der Waals surface area contributed by atoms with Gasteiger partial charge in [-0.05, 0) is 0 Å². The Kier molecular flexibility index (Phi) is 7.81. The van der Waals surface area contributed by atoms with Gasteiger partial charge in [-0.15, -0.1) is 0 Å². The fourth-order valence-electron chi connectivity index (χ4n) is 1.87. The third-order valence-corrected chi connectivity index (χ3v) is 4.43. The van der Waals surface area contributed by atoms with Crippen LogP contribution in [0.4, 0.5) is 0 Å². The summed E-state index contributed by atoms with van der Waals surface area (Å²) >= 11 is 0. The second-order valence-electron chi connectivity index (χ2n) is 4.57. The second-order valence-corrected chi connectivity index (χ2v) is 6.50. The van der Waals surface area contributed by atoms with Crippen molar-refractivity contribution < 1.29 is 17.9 Å². The van der Waals surface area contributed by atoms with Crippen LogP contribution >= 0.6 is 0 Å². The molecule has 0 aromatic rings. The van der Waals surface area contributed by atoms with Crippen molar-refractivity contribution >= 4 is 10.0 Å². The molecule has 8 heteroatoms. The van der Waals surface area contributed by atoms with Gasteiger partial charge in [0.1, 0.15) is 0 Å². The van der Waals surface area contributed by atoms with Crippen molar-refractivity contribution in [3.63, 3.8) is 0 Å². The lowest BCUT2D eigenvalue weighted by Crippen LogP contribution is -2.46. The molecular weight excluding hydrogens is 270 g/mol. The minimum absolute atomic E-state index is 0.121. The zero-order valence-corrected chi connectivity index (χ0v) is 12.5. The molecule has 1 aliphatic rings. The van der Waals surface area contributed by atoms with Gasteiger partial charge >= 0.3 is 0 Å². The van der Waals surface area contributed by atoms with Gasteiger partial charge in [0, 0.05) is 53.5 Å². The summed E-state index contributed by atoms with van der Waals surface area (Å²) < 4.78 is 36.3. The molecule has 1 unspecified atom stereocenters. The fraction of sp³-hybridized carbons (Fsp3) is 1.00. The Labute approximate surface area is 115 Å². The molecule has 0 saturated carbocycles. The van der Waals surface area contributed by atoms with Gasteiger partial charge in [0.15, 0.2) is 0 Å². The summed E-state index contributed by atoms with van der Waals surface area (Å²) in [5, 5.41) is 3.24. The number of piperazine rings is 1. The Balaban J connectivity index is 2.26. The molecule has 19 heavy (non-hydrogen) atoms. The van der Waals surface area contributed by atoms with Crippen LogP contribution < -0.4 is 10.0 Å². The number of nitrogens with zero attached hydrogens (tertiary/aromatic N) is 1. The van der Waals surface area contributed by atoms with Crippen LogP contribution in [0.2, 0.25) is 0 Å². The Morgan fingerprint density at radius 3 is 2.58 bits per heavy atom. The van der Waals surface area contributed by atoms with Crippen molar-refractivity contribution in [3.05, 3.63) is 0 Å². The van der Waals surface area contributed by atoms with Crippen LogP contribution in [0, 0.1) is 0 Å². The van der Waals surface area contributed by atoms with Gasteiger partial charge in [0.05, 0.1) is 18.5 Å². The predicted molar refractivity (Wildman–Crippen MR) is 73.8 cm³/mol. The lowest BCUT2D eigenvalue weighted by molar-refractivity contribution is 0.0320. The normalized spacial score (nSPS) is 19.5. The molecule has 0 amide bonds. The van der Waals surface area contributed by atoms with E-state index in [4.69, 9.17) is 9.47 Å². The zero-order valence-electron chi connectivity index (χ0n) is 11.7. The molecule has 0 aromatic carbocycles. The van der Waals surface area contributed by atoms with E-state index < -0.39 is 10.0 Å². The van der Waals surface area contributed by atoms with Gasteiger partial charge in [-0.1, -0.05) is 0 Å². The van der Waals surface area contributed by atoms with E-state index in [9.17, 15) is 8.42 Å². The van der Waals surface area contributed by atoms with Crippen molar-refractivity contribution in [2.24, 2.45) is 0 Å². The quantitative estimate of drug-likeness (QED) is 0.537. The SMILES string of the molecule is COCC(CNS(=O)(=O)CCN1CCNCC1)OC. The molecular formula is C11H25N3O4S. The minimum Gasteiger partial charge on any atom is -0.382 e. The summed E-state index contributed by atoms with van der Waals surface area (Å²) in [6.07, 6.45) is -0.251. The fourth-order valence-corrected chi connectivity index (χ4v) is 2.96. The monoisotopic (exact) mass is 295 g/mol. The molecule has 1 heterocycles. The molecule has 1 saturated heterocycles. The largest absolute Gasteiger partial charge is 0.382 e. The average molecular weight is 295 g/mol. The van der Waals surface area contributed by atoms with Gasteiger partial charge in [-0.3, -0.25) is 4.90 Å². The lowest BCUT2D eigenvalue weighted by atomic mass is 10.4. The minimum atomic E-state index is -3.25. The molecule has 114 valence electrons. The van der Waals surface area contributed by atoms with Crippen LogP contribution in [-0.2, 0) is 19.5 Å². The van der Waals surface area contributed by atoms with Crippen molar-refractivity contribution in [2.75, 3.05) is 65.8 Å². The Morgan fingerprint density at radius 2 is 2.00 bits per heavy atom. The first-order valence-corrected chi connectivity index (χ1v) is 8.15. The third-order valence-electron chi connectivity index (χ3n) is 3.10. The number of hydrogen-bond acceptors (Lipinski definition) is 6. The molecule has 0 aliphatic carbocycles. The van der Waals surface area contributed by atoms with Crippen LogP contribution in [0.1, 0.15) is 0 Å². The molecule has 0 aromatic heterocycles. The topological polar surface area (TPSA) is 79.9 Å². The molecule has 7 nitrogen and oxygen atoms in total. The van der Waals surface area contributed by atoms with Crippen molar-refractivity contribution in [2.45, 2.75) is 6.10 Å². The van der Waals surface area contributed by atoms with Crippen LogP contribution in [-0.4, -0.2) is 85.3 Å². The highest BCUT2D eigenvalue weighted by Gasteiger charge is 2.17. The van der Waals surface area contributed by atoms with E-state index in [0.29, 0.717) is 13.2 Å². The van der Waals surface area contributed by atoms with Crippen molar-refractivity contribution in [3.8, 4) is 0 Å². The molecule has 0 bridgehead atoms. The summed E-state index contributed by atoms with van der Waals surface area (Å²) in [5.74, 6) is 0.121.